The maximum atomic E-state index is 11.0. The topological polar surface area (TPSA) is 73.2 Å². The molecule has 0 atom stereocenters. The maximum Gasteiger partial charge on any atom is 0.158 e. The molecular weight excluding hydrogens is 544 g/mol. The second-order valence-electron chi connectivity index (χ2n) is 11.1. The van der Waals surface area contributed by atoms with E-state index >= 15 is 0 Å². The number of imidazole rings is 1. The smallest absolute Gasteiger partial charge is 0.158 e. The van der Waals surface area contributed by atoms with Crippen molar-refractivity contribution in [2.45, 2.75) is 0 Å². The molecular formula is C37H22N6O. The van der Waals surface area contributed by atoms with Gasteiger partial charge in [-0.3, -0.25) is 13.5 Å². The first-order valence-electron chi connectivity index (χ1n) is 14.5. The van der Waals surface area contributed by atoms with Gasteiger partial charge in [-0.15, -0.1) is 0 Å². The van der Waals surface area contributed by atoms with Crippen molar-refractivity contribution in [3.8, 4) is 17.4 Å². The summed E-state index contributed by atoms with van der Waals surface area (Å²) in [6.45, 7) is 0. The molecule has 1 N–H and O–H groups in total. The van der Waals surface area contributed by atoms with Gasteiger partial charge in [-0.05, 0) is 53.9 Å². The molecule has 0 aliphatic carbocycles. The summed E-state index contributed by atoms with van der Waals surface area (Å²) < 4.78 is 6.34. The number of aromatic hydroxyl groups is 1. The maximum absolute atomic E-state index is 11.0. The van der Waals surface area contributed by atoms with Crippen LogP contribution in [-0.2, 0) is 0 Å². The lowest BCUT2D eigenvalue weighted by Crippen LogP contribution is -2.01. The Morgan fingerprint density at radius 3 is 1.82 bits per heavy atom. The molecule has 0 fully saturated rings. The number of pyridine rings is 3. The fourth-order valence-electron chi connectivity index (χ4n) is 6.96. The second-order valence-corrected chi connectivity index (χ2v) is 11.1. The van der Waals surface area contributed by atoms with Gasteiger partial charge in [-0.2, -0.15) is 0 Å². The Hall–Kier alpha value is -6.21. The van der Waals surface area contributed by atoms with Crippen LogP contribution in [0, 0.1) is 0 Å². The van der Waals surface area contributed by atoms with E-state index in [0.717, 1.165) is 77.2 Å². The summed E-state index contributed by atoms with van der Waals surface area (Å²) in [4.78, 5) is 15.3. The van der Waals surface area contributed by atoms with E-state index in [1.165, 1.54) is 0 Å². The third-order valence-corrected chi connectivity index (χ3v) is 8.81. The fraction of sp³-hybridized carbons (Fsp3) is 0. The van der Waals surface area contributed by atoms with Crippen LogP contribution in [0.5, 0.6) is 5.75 Å². The van der Waals surface area contributed by atoms with E-state index in [9.17, 15) is 5.11 Å². The number of fused-ring (bicyclic) bond motifs is 12. The van der Waals surface area contributed by atoms with E-state index < -0.39 is 0 Å². The zero-order valence-corrected chi connectivity index (χ0v) is 23.3. The van der Waals surface area contributed by atoms with Crippen LogP contribution in [0.25, 0.3) is 82.8 Å². The number of hydrogen-bond acceptors (Lipinski definition) is 4. The third-order valence-electron chi connectivity index (χ3n) is 8.81. The highest BCUT2D eigenvalue weighted by molar-refractivity contribution is 6.14. The monoisotopic (exact) mass is 566 g/mol. The molecule has 0 saturated heterocycles. The first kappa shape index (κ1) is 23.4. The Balaban J connectivity index is 1.33. The van der Waals surface area contributed by atoms with Gasteiger partial charge >= 0.3 is 0 Å². The quantitative estimate of drug-likeness (QED) is 0.214. The van der Waals surface area contributed by atoms with E-state index in [2.05, 4.69) is 80.3 Å². The molecule has 0 bridgehead atoms. The summed E-state index contributed by atoms with van der Waals surface area (Å²) in [5, 5.41) is 18.1. The fourth-order valence-corrected chi connectivity index (χ4v) is 6.96. The molecule has 0 amide bonds. The van der Waals surface area contributed by atoms with Crippen LogP contribution >= 0.6 is 0 Å². The minimum absolute atomic E-state index is 0.205. The second kappa shape index (κ2) is 8.42. The molecule has 0 spiro atoms. The van der Waals surface area contributed by atoms with Crippen LogP contribution in [0.4, 0.5) is 0 Å². The molecule has 7 nitrogen and oxygen atoms in total. The largest absolute Gasteiger partial charge is 0.507 e. The Bertz CT molecular complexity index is 2750. The first-order chi connectivity index (χ1) is 21.8. The van der Waals surface area contributed by atoms with Crippen molar-refractivity contribution in [2.75, 3.05) is 0 Å². The number of phenols is 1. The normalized spacial score (nSPS) is 12.2. The molecule has 6 aromatic heterocycles. The van der Waals surface area contributed by atoms with Gasteiger partial charge < -0.3 is 5.11 Å². The van der Waals surface area contributed by atoms with Gasteiger partial charge in [0.05, 0.1) is 28.1 Å². The highest BCUT2D eigenvalue weighted by Gasteiger charge is 2.21. The average molecular weight is 567 g/mol. The van der Waals surface area contributed by atoms with Gasteiger partial charge in [-0.25, -0.2) is 15.0 Å². The van der Waals surface area contributed by atoms with E-state index in [4.69, 9.17) is 15.0 Å². The number of nitrogens with zero attached hydrogens (tertiary/aromatic N) is 6. The summed E-state index contributed by atoms with van der Waals surface area (Å²) in [6, 6.07) is 38.9. The zero-order chi connectivity index (χ0) is 28.9. The number of para-hydroxylation sites is 3. The first-order valence-corrected chi connectivity index (χ1v) is 14.5. The Morgan fingerprint density at radius 1 is 0.455 bits per heavy atom. The van der Waals surface area contributed by atoms with Crippen molar-refractivity contribution >= 4 is 71.2 Å². The SMILES string of the molecule is Oc1cccc2c3ccccc3n3cc(-n4c5ccccc5c5ccc(-n6c7ccccc7c7cccnc76)nc54)nc3c12. The van der Waals surface area contributed by atoms with Crippen molar-refractivity contribution in [1.82, 2.24) is 28.5 Å². The Kier molecular flexibility index (Phi) is 4.47. The lowest BCUT2D eigenvalue weighted by Gasteiger charge is -2.08. The van der Waals surface area contributed by atoms with Crippen molar-refractivity contribution in [2.24, 2.45) is 0 Å². The molecule has 7 heteroatoms. The molecule has 0 aliphatic heterocycles. The zero-order valence-electron chi connectivity index (χ0n) is 23.3. The summed E-state index contributed by atoms with van der Waals surface area (Å²) in [5.41, 5.74) is 5.44. The van der Waals surface area contributed by atoms with Crippen LogP contribution in [-0.4, -0.2) is 33.6 Å². The van der Waals surface area contributed by atoms with Crippen LogP contribution in [0.2, 0.25) is 0 Å². The Morgan fingerprint density at radius 2 is 1.05 bits per heavy atom. The highest BCUT2D eigenvalue weighted by atomic mass is 16.3. The molecule has 0 aliphatic rings. The average Bonchev–Trinajstić information content (AvgIpc) is 3.75. The van der Waals surface area contributed by atoms with E-state index in [1.54, 1.807) is 6.07 Å². The van der Waals surface area contributed by atoms with Crippen LogP contribution in [0.3, 0.4) is 0 Å². The van der Waals surface area contributed by atoms with Gasteiger partial charge in [0.15, 0.2) is 11.5 Å². The van der Waals surface area contributed by atoms with Crippen molar-refractivity contribution < 1.29 is 5.11 Å². The number of hydrogen-bond donors (Lipinski definition) is 1. The predicted molar refractivity (Wildman–Crippen MR) is 176 cm³/mol. The predicted octanol–water partition coefficient (Wildman–Crippen LogP) is 8.33. The Labute approximate surface area is 249 Å². The van der Waals surface area contributed by atoms with Gasteiger partial charge in [0.25, 0.3) is 0 Å². The van der Waals surface area contributed by atoms with Crippen molar-refractivity contribution in [3.05, 3.63) is 128 Å². The van der Waals surface area contributed by atoms with Gasteiger partial charge in [0, 0.05) is 33.1 Å². The molecule has 0 saturated carbocycles. The molecule has 10 aromatic rings. The molecule has 0 radical (unpaired) electrons. The molecule has 44 heavy (non-hydrogen) atoms. The molecule has 0 unspecified atom stereocenters. The van der Waals surface area contributed by atoms with Crippen molar-refractivity contribution in [3.63, 3.8) is 0 Å². The number of rotatable bonds is 2. The van der Waals surface area contributed by atoms with E-state index in [0.29, 0.717) is 5.65 Å². The lowest BCUT2D eigenvalue weighted by atomic mass is 10.1. The number of aromatic nitrogens is 6. The summed E-state index contributed by atoms with van der Waals surface area (Å²) >= 11 is 0. The standard InChI is InChI=1S/C37H22N6O/c44-31-17-7-12-25-22-9-1-4-14-28(22)41-21-33(40-37(41)34(25)31)43-30-16-6-3-11-24(30)27-18-19-32(39-36(27)43)42-29-15-5-2-10-23(29)26-13-8-20-38-35(26)42/h1-21,44H. The summed E-state index contributed by atoms with van der Waals surface area (Å²) in [6.07, 6.45) is 3.87. The highest BCUT2D eigenvalue weighted by Crippen LogP contribution is 2.38. The van der Waals surface area contributed by atoms with Crippen molar-refractivity contribution in [1.29, 1.82) is 0 Å². The third kappa shape index (κ3) is 2.97. The van der Waals surface area contributed by atoms with Crippen LogP contribution < -0.4 is 0 Å². The lowest BCUT2D eigenvalue weighted by molar-refractivity contribution is 0.482. The van der Waals surface area contributed by atoms with E-state index in [-0.39, 0.29) is 5.75 Å². The molecule has 6 heterocycles. The molecule has 10 rings (SSSR count). The minimum atomic E-state index is 0.205. The summed E-state index contributed by atoms with van der Waals surface area (Å²) in [5.74, 6) is 1.71. The van der Waals surface area contributed by atoms with E-state index in [1.807, 2.05) is 54.9 Å². The van der Waals surface area contributed by atoms with Crippen LogP contribution in [0.15, 0.2) is 128 Å². The number of benzene rings is 4. The van der Waals surface area contributed by atoms with Gasteiger partial charge in [-0.1, -0.05) is 66.7 Å². The minimum Gasteiger partial charge on any atom is -0.507 e. The van der Waals surface area contributed by atoms with Gasteiger partial charge in [0.2, 0.25) is 0 Å². The van der Waals surface area contributed by atoms with Crippen LogP contribution in [0.1, 0.15) is 0 Å². The molecule has 4 aromatic carbocycles. The summed E-state index contributed by atoms with van der Waals surface area (Å²) in [7, 11) is 0. The van der Waals surface area contributed by atoms with Gasteiger partial charge in [0.1, 0.15) is 22.9 Å². The number of phenolic OH excluding ortho intramolecular Hbond substituents is 1. The molecule has 206 valence electrons.